The molecule has 0 radical (unpaired) electrons. The second-order valence-electron chi connectivity index (χ2n) is 5.54. The summed E-state index contributed by atoms with van der Waals surface area (Å²) >= 11 is 0. The first-order chi connectivity index (χ1) is 12.0. The molecule has 0 unspecified atom stereocenters. The lowest BCUT2D eigenvalue weighted by Gasteiger charge is -2.09. The molecule has 1 aromatic heterocycles. The molecule has 6 heteroatoms. The number of benzene rings is 2. The molecule has 0 aliphatic heterocycles. The molecule has 126 valence electrons. The molecular formula is C19H15F2N3O. The van der Waals surface area contributed by atoms with Crippen LogP contribution in [0.25, 0.3) is 0 Å². The molecule has 3 aromatic rings. The van der Waals surface area contributed by atoms with Gasteiger partial charge in [0.2, 0.25) is 0 Å². The van der Waals surface area contributed by atoms with Crippen molar-refractivity contribution in [3.8, 4) is 0 Å². The second-order valence-corrected chi connectivity index (χ2v) is 5.54. The normalized spacial score (nSPS) is 10.4. The first kappa shape index (κ1) is 16.6. The Morgan fingerprint density at radius 2 is 1.76 bits per heavy atom. The number of carbonyl (C=O) groups is 1. The van der Waals surface area contributed by atoms with Crippen LogP contribution >= 0.6 is 0 Å². The number of hydrogen-bond donors (Lipinski definition) is 2. The first-order valence-electron chi connectivity index (χ1n) is 7.56. The van der Waals surface area contributed by atoms with Crippen molar-refractivity contribution in [2.45, 2.75) is 6.92 Å². The third kappa shape index (κ3) is 4.17. The van der Waals surface area contributed by atoms with E-state index < -0.39 is 11.6 Å². The number of nitrogens with one attached hydrogen (secondary N) is 2. The van der Waals surface area contributed by atoms with E-state index in [0.717, 1.165) is 17.7 Å². The van der Waals surface area contributed by atoms with Crippen LogP contribution in [0.5, 0.6) is 0 Å². The number of pyridine rings is 1. The van der Waals surface area contributed by atoms with Crippen LogP contribution in [0.1, 0.15) is 15.9 Å². The summed E-state index contributed by atoms with van der Waals surface area (Å²) in [6, 6.07) is 12.5. The van der Waals surface area contributed by atoms with Gasteiger partial charge in [-0.15, -0.1) is 0 Å². The topological polar surface area (TPSA) is 54.0 Å². The molecule has 0 spiro atoms. The Hall–Kier alpha value is -3.28. The van der Waals surface area contributed by atoms with Crippen molar-refractivity contribution in [1.29, 1.82) is 0 Å². The minimum absolute atomic E-state index is 0.313. The van der Waals surface area contributed by atoms with E-state index in [1.165, 1.54) is 18.5 Å². The minimum atomic E-state index is -0.952. The van der Waals surface area contributed by atoms with Gasteiger partial charge in [0.15, 0.2) is 11.6 Å². The number of anilines is 3. The Kier molecular flexibility index (Phi) is 4.70. The monoisotopic (exact) mass is 339 g/mol. The quantitative estimate of drug-likeness (QED) is 0.727. The first-order valence-corrected chi connectivity index (χ1v) is 7.56. The molecule has 0 fully saturated rings. The third-order valence-corrected chi connectivity index (χ3v) is 3.48. The van der Waals surface area contributed by atoms with Crippen LogP contribution in [-0.4, -0.2) is 10.9 Å². The predicted octanol–water partition coefficient (Wildman–Crippen LogP) is 4.66. The molecule has 0 aliphatic rings. The zero-order valence-electron chi connectivity index (χ0n) is 13.4. The summed E-state index contributed by atoms with van der Waals surface area (Å²) in [5.41, 5.74) is 2.91. The standard InChI is InChI=1S/C19H15F2N3O/c1-12-3-2-4-14(7-12)24-19(25)13-8-16(11-22-10-13)23-15-5-6-17(20)18(21)9-15/h2-11,23H,1H3,(H,24,25). The Balaban J connectivity index is 1.76. The number of hydrogen-bond acceptors (Lipinski definition) is 3. The summed E-state index contributed by atoms with van der Waals surface area (Å²) in [7, 11) is 0. The van der Waals surface area contributed by atoms with Gasteiger partial charge in [-0.3, -0.25) is 9.78 Å². The highest BCUT2D eigenvalue weighted by Crippen LogP contribution is 2.20. The average molecular weight is 339 g/mol. The Bertz CT molecular complexity index is 928. The van der Waals surface area contributed by atoms with E-state index >= 15 is 0 Å². The summed E-state index contributed by atoms with van der Waals surface area (Å²) in [4.78, 5) is 16.4. The maximum Gasteiger partial charge on any atom is 0.257 e. The van der Waals surface area contributed by atoms with Gasteiger partial charge in [0.1, 0.15) is 0 Å². The molecule has 2 N–H and O–H groups in total. The fourth-order valence-corrected chi connectivity index (χ4v) is 2.30. The lowest BCUT2D eigenvalue weighted by atomic mass is 10.2. The van der Waals surface area contributed by atoms with Crippen molar-refractivity contribution >= 4 is 23.0 Å². The third-order valence-electron chi connectivity index (χ3n) is 3.48. The molecule has 0 saturated carbocycles. The van der Waals surface area contributed by atoms with Crippen LogP contribution in [0.4, 0.5) is 25.8 Å². The predicted molar refractivity (Wildman–Crippen MR) is 93.0 cm³/mol. The highest BCUT2D eigenvalue weighted by Gasteiger charge is 2.09. The Labute approximate surface area is 143 Å². The van der Waals surface area contributed by atoms with Crippen molar-refractivity contribution in [1.82, 2.24) is 4.98 Å². The second kappa shape index (κ2) is 7.09. The van der Waals surface area contributed by atoms with E-state index in [1.807, 2.05) is 25.1 Å². The largest absolute Gasteiger partial charge is 0.354 e. The van der Waals surface area contributed by atoms with Crippen LogP contribution < -0.4 is 10.6 Å². The summed E-state index contributed by atoms with van der Waals surface area (Å²) in [5.74, 6) is -2.19. The molecule has 0 atom stereocenters. The number of rotatable bonds is 4. The van der Waals surface area contributed by atoms with Gasteiger partial charge in [-0.1, -0.05) is 12.1 Å². The van der Waals surface area contributed by atoms with Crippen molar-refractivity contribution in [3.63, 3.8) is 0 Å². The van der Waals surface area contributed by atoms with Gasteiger partial charge in [-0.05, 0) is 42.8 Å². The zero-order chi connectivity index (χ0) is 17.8. The van der Waals surface area contributed by atoms with E-state index in [-0.39, 0.29) is 5.91 Å². The van der Waals surface area contributed by atoms with E-state index in [2.05, 4.69) is 15.6 Å². The maximum atomic E-state index is 13.3. The molecule has 2 aromatic carbocycles. The van der Waals surface area contributed by atoms with Gasteiger partial charge < -0.3 is 10.6 Å². The molecule has 25 heavy (non-hydrogen) atoms. The number of aromatic nitrogens is 1. The van der Waals surface area contributed by atoms with Crippen LogP contribution in [0.15, 0.2) is 60.9 Å². The van der Waals surface area contributed by atoms with Gasteiger partial charge >= 0.3 is 0 Å². The van der Waals surface area contributed by atoms with Crippen LogP contribution in [-0.2, 0) is 0 Å². The van der Waals surface area contributed by atoms with Crippen molar-refractivity contribution in [2.75, 3.05) is 10.6 Å². The molecule has 4 nitrogen and oxygen atoms in total. The summed E-state index contributed by atoms with van der Waals surface area (Å²) in [6.07, 6.45) is 2.92. The number of halogens is 2. The number of amides is 1. The number of carbonyl (C=O) groups excluding carboxylic acids is 1. The van der Waals surface area contributed by atoms with Crippen molar-refractivity contribution in [3.05, 3.63) is 83.7 Å². The van der Waals surface area contributed by atoms with Gasteiger partial charge in [0.05, 0.1) is 17.4 Å². The maximum absolute atomic E-state index is 13.3. The number of aryl methyl sites for hydroxylation is 1. The molecular weight excluding hydrogens is 324 g/mol. The van der Waals surface area contributed by atoms with Gasteiger partial charge in [-0.2, -0.15) is 0 Å². The van der Waals surface area contributed by atoms with Crippen molar-refractivity contribution in [2.24, 2.45) is 0 Å². The lowest BCUT2D eigenvalue weighted by molar-refractivity contribution is 0.102. The van der Waals surface area contributed by atoms with E-state index in [1.54, 1.807) is 12.1 Å². The average Bonchev–Trinajstić information content (AvgIpc) is 2.58. The lowest BCUT2D eigenvalue weighted by Crippen LogP contribution is -2.12. The molecule has 1 heterocycles. The number of nitrogens with zero attached hydrogens (tertiary/aromatic N) is 1. The van der Waals surface area contributed by atoms with Gasteiger partial charge in [-0.25, -0.2) is 8.78 Å². The van der Waals surface area contributed by atoms with E-state index in [9.17, 15) is 13.6 Å². The van der Waals surface area contributed by atoms with Crippen LogP contribution in [0.3, 0.4) is 0 Å². The van der Waals surface area contributed by atoms with Crippen molar-refractivity contribution < 1.29 is 13.6 Å². The van der Waals surface area contributed by atoms with Gasteiger partial charge in [0.25, 0.3) is 5.91 Å². The van der Waals surface area contributed by atoms with E-state index in [4.69, 9.17) is 0 Å². The highest BCUT2D eigenvalue weighted by molar-refractivity contribution is 6.04. The summed E-state index contributed by atoms with van der Waals surface area (Å²) in [5, 5.41) is 5.68. The molecule has 0 saturated heterocycles. The van der Waals surface area contributed by atoms with Crippen LogP contribution in [0, 0.1) is 18.6 Å². The zero-order valence-corrected chi connectivity index (χ0v) is 13.4. The molecule has 1 amide bonds. The fraction of sp³-hybridized carbons (Fsp3) is 0.0526. The fourth-order valence-electron chi connectivity index (χ4n) is 2.30. The summed E-state index contributed by atoms with van der Waals surface area (Å²) in [6.45, 7) is 1.93. The minimum Gasteiger partial charge on any atom is -0.354 e. The SMILES string of the molecule is Cc1cccc(NC(=O)c2cncc(Nc3ccc(F)c(F)c3)c2)c1. The van der Waals surface area contributed by atoms with Gasteiger partial charge in [0, 0.05) is 23.6 Å². The Morgan fingerprint density at radius 1 is 0.920 bits per heavy atom. The van der Waals surface area contributed by atoms with E-state index in [0.29, 0.717) is 22.6 Å². The smallest absolute Gasteiger partial charge is 0.257 e. The molecule has 3 rings (SSSR count). The Morgan fingerprint density at radius 3 is 2.52 bits per heavy atom. The molecule has 0 aliphatic carbocycles. The molecule has 0 bridgehead atoms. The highest BCUT2D eigenvalue weighted by atomic mass is 19.2. The van der Waals surface area contributed by atoms with Crippen LogP contribution in [0.2, 0.25) is 0 Å². The summed E-state index contributed by atoms with van der Waals surface area (Å²) < 4.78 is 26.2.